The second-order valence-electron chi connectivity index (χ2n) is 3.32. The molecule has 4 heteroatoms. The fourth-order valence-electron chi connectivity index (χ4n) is 1.76. The van der Waals surface area contributed by atoms with Crippen LogP contribution in [0.2, 0.25) is 0 Å². The van der Waals surface area contributed by atoms with E-state index in [1.807, 2.05) is 6.92 Å². The first-order valence-electron chi connectivity index (χ1n) is 4.17. The first-order valence-corrected chi connectivity index (χ1v) is 4.17. The van der Waals surface area contributed by atoms with Crippen molar-refractivity contribution in [3.63, 3.8) is 0 Å². The van der Waals surface area contributed by atoms with E-state index in [4.69, 9.17) is 10.2 Å². The molecule has 1 aromatic rings. The van der Waals surface area contributed by atoms with Gasteiger partial charge in [0.2, 0.25) is 0 Å². The monoisotopic (exact) mass is 192 g/mol. The zero-order valence-corrected chi connectivity index (χ0v) is 7.44. The van der Waals surface area contributed by atoms with Gasteiger partial charge >= 0.3 is 11.9 Å². The Bertz CT molecular complexity index is 448. The van der Waals surface area contributed by atoms with Gasteiger partial charge in [0.05, 0.1) is 11.1 Å². The molecular weight excluding hydrogens is 184 g/mol. The number of benzene rings is 1. The van der Waals surface area contributed by atoms with Gasteiger partial charge in [-0.3, -0.25) is 0 Å². The lowest BCUT2D eigenvalue weighted by molar-refractivity contribution is 0.0651. The van der Waals surface area contributed by atoms with Gasteiger partial charge in [-0.1, -0.05) is 13.0 Å². The quantitative estimate of drug-likeness (QED) is 0.745. The summed E-state index contributed by atoms with van der Waals surface area (Å²) in [5.41, 5.74) is 1.42. The van der Waals surface area contributed by atoms with Gasteiger partial charge in [0.25, 0.3) is 0 Å². The van der Waals surface area contributed by atoms with E-state index in [2.05, 4.69) is 0 Å². The fourth-order valence-corrected chi connectivity index (χ4v) is 1.76. The standard InChI is InChI=1S/C10H8O4/c1-4-5-2-3-6(9(11)12)8(7(4)5)10(13)14/h2-4H,1H3,(H,11,12)(H,13,14). The summed E-state index contributed by atoms with van der Waals surface area (Å²) in [4.78, 5) is 21.6. The topological polar surface area (TPSA) is 74.6 Å². The van der Waals surface area contributed by atoms with E-state index in [9.17, 15) is 9.59 Å². The first kappa shape index (κ1) is 8.74. The van der Waals surface area contributed by atoms with Gasteiger partial charge < -0.3 is 10.2 Å². The van der Waals surface area contributed by atoms with Crippen molar-refractivity contribution in [1.29, 1.82) is 0 Å². The Kier molecular flexibility index (Phi) is 1.61. The highest BCUT2D eigenvalue weighted by atomic mass is 16.4. The van der Waals surface area contributed by atoms with Gasteiger partial charge in [-0.2, -0.15) is 0 Å². The molecule has 72 valence electrons. The normalized spacial score (nSPS) is 17.4. The van der Waals surface area contributed by atoms with Gasteiger partial charge in [-0.05, 0) is 17.2 Å². The van der Waals surface area contributed by atoms with E-state index in [1.54, 1.807) is 6.07 Å². The molecule has 2 rings (SSSR count). The molecule has 0 heterocycles. The lowest BCUT2D eigenvalue weighted by Gasteiger charge is -1.98. The lowest BCUT2D eigenvalue weighted by Crippen LogP contribution is -2.07. The molecule has 1 aliphatic rings. The van der Waals surface area contributed by atoms with Crippen molar-refractivity contribution in [1.82, 2.24) is 0 Å². The Morgan fingerprint density at radius 3 is 2.36 bits per heavy atom. The number of hydrogen-bond acceptors (Lipinski definition) is 2. The van der Waals surface area contributed by atoms with Crippen LogP contribution in [0.1, 0.15) is 44.7 Å². The van der Waals surface area contributed by atoms with Crippen molar-refractivity contribution in [2.24, 2.45) is 0 Å². The van der Waals surface area contributed by atoms with E-state index < -0.39 is 11.9 Å². The van der Waals surface area contributed by atoms with E-state index in [0.717, 1.165) is 5.56 Å². The van der Waals surface area contributed by atoms with Crippen molar-refractivity contribution in [3.8, 4) is 0 Å². The van der Waals surface area contributed by atoms with Crippen LogP contribution in [0.25, 0.3) is 0 Å². The summed E-state index contributed by atoms with van der Waals surface area (Å²) in [5, 5.41) is 17.7. The Morgan fingerprint density at radius 1 is 1.21 bits per heavy atom. The minimum absolute atomic E-state index is 0.0532. The van der Waals surface area contributed by atoms with Gasteiger partial charge in [-0.25, -0.2) is 9.59 Å². The number of hydrogen-bond donors (Lipinski definition) is 2. The minimum atomic E-state index is -1.19. The molecule has 0 aromatic heterocycles. The lowest BCUT2D eigenvalue weighted by atomic mass is 10.1. The molecule has 0 aliphatic heterocycles. The summed E-state index contributed by atoms with van der Waals surface area (Å²) in [7, 11) is 0. The van der Waals surface area contributed by atoms with E-state index in [-0.39, 0.29) is 17.0 Å². The Morgan fingerprint density at radius 2 is 1.86 bits per heavy atom. The summed E-state index contributed by atoms with van der Waals surface area (Å²) < 4.78 is 0. The SMILES string of the molecule is CC1c2ccc(C(=O)O)c(C(=O)O)c21. The molecule has 0 saturated carbocycles. The molecule has 2 N–H and O–H groups in total. The third-order valence-corrected chi connectivity index (χ3v) is 2.54. The molecule has 1 aliphatic carbocycles. The fraction of sp³-hybridized carbons (Fsp3) is 0.200. The molecular formula is C10H8O4. The Balaban J connectivity index is 2.65. The van der Waals surface area contributed by atoms with Crippen LogP contribution < -0.4 is 0 Å². The van der Waals surface area contributed by atoms with Gasteiger partial charge in [0.1, 0.15) is 0 Å². The molecule has 14 heavy (non-hydrogen) atoms. The molecule has 0 bridgehead atoms. The maximum absolute atomic E-state index is 10.9. The summed E-state index contributed by atoms with van der Waals surface area (Å²) >= 11 is 0. The largest absolute Gasteiger partial charge is 0.478 e. The molecule has 0 spiro atoms. The van der Waals surface area contributed by atoms with E-state index >= 15 is 0 Å². The Labute approximate surface area is 79.8 Å². The van der Waals surface area contributed by atoms with Crippen molar-refractivity contribution < 1.29 is 19.8 Å². The third kappa shape index (κ3) is 1.00. The number of aromatic carboxylic acids is 2. The van der Waals surface area contributed by atoms with Gasteiger partial charge in [-0.15, -0.1) is 0 Å². The van der Waals surface area contributed by atoms with Crippen LogP contribution in [0.5, 0.6) is 0 Å². The molecule has 4 nitrogen and oxygen atoms in total. The zero-order chi connectivity index (χ0) is 10.5. The van der Waals surface area contributed by atoms with Crippen LogP contribution in [-0.2, 0) is 0 Å². The highest BCUT2D eigenvalue weighted by Gasteiger charge is 2.36. The zero-order valence-electron chi connectivity index (χ0n) is 7.44. The predicted molar refractivity (Wildman–Crippen MR) is 47.9 cm³/mol. The highest BCUT2D eigenvalue weighted by Crippen LogP contribution is 2.46. The maximum atomic E-state index is 10.9. The van der Waals surface area contributed by atoms with Crippen molar-refractivity contribution >= 4 is 11.9 Å². The van der Waals surface area contributed by atoms with Crippen molar-refractivity contribution in [2.75, 3.05) is 0 Å². The maximum Gasteiger partial charge on any atom is 0.336 e. The molecule has 0 radical (unpaired) electrons. The summed E-state index contributed by atoms with van der Waals surface area (Å²) in [6.07, 6.45) is 0. The van der Waals surface area contributed by atoms with Crippen LogP contribution in [0, 0.1) is 0 Å². The Hall–Kier alpha value is -1.84. The minimum Gasteiger partial charge on any atom is -0.478 e. The van der Waals surface area contributed by atoms with E-state index in [1.165, 1.54) is 6.07 Å². The van der Waals surface area contributed by atoms with Gasteiger partial charge in [0, 0.05) is 5.92 Å². The van der Waals surface area contributed by atoms with E-state index in [0.29, 0.717) is 5.56 Å². The van der Waals surface area contributed by atoms with Crippen LogP contribution in [-0.4, -0.2) is 22.2 Å². The second kappa shape index (κ2) is 2.57. The van der Waals surface area contributed by atoms with Crippen molar-refractivity contribution in [3.05, 3.63) is 34.4 Å². The van der Waals surface area contributed by atoms with Crippen LogP contribution in [0.3, 0.4) is 0 Å². The average Bonchev–Trinajstić information content (AvgIpc) is 2.76. The molecule has 1 unspecified atom stereocenters. The summed E-state index contributed by atoms with van der Waals surface area (Å²) in [5.74, 6) is -2.26. The number of rotatable bonds is 2. The van der Waals surface area contributed by atoms with Crippen LogP contribution >= 0.6 is 0 Å². The number of carbonyl (C=O) groups is 2. The number of fused-ring (bicyclic) bond motifs is 1. The first-order chi connectivity index (χ1) is 6.54. The van der Waals surface area contributed by atoms with Crippen molar-refractivity contribution in [2.45, 2.75) is 12.8 Å². The molecule has 0 saturated heterocycles. The summed E-state index contributed by atoms with van der Waals surface area (Å²) in [6, 6.07) is 3.03. The number of carboxylic acids is 2. The second-order valence-corrected chi connectivity index (χ2v) is 3.32. The van der Waals surface area contributed by atoms with Crippen LogP contribution in [0.4, 0.5) is 0 Å². The molecule has 1 atom stereocenters. The average molecular weight is 192 g/mol. The highest BCUT2D eigenvalue weighted by molar-refractivity contribution is 6.04. The number of carboxylic acid groups (broad SMARTS) is 2. The predicted octanol–water partition coefficient (Wildman–Crippen LogP) is 1.55. The smallest absolute Gasteiger partial charge is 0.336 e. The van der Waals surface area contributed by atoms with Gasteiger partial charge in [0.15, 0.2) is 0 Å². The summed E-state index contributed by atoms with van der Waals surface area (Å²) in [6.45, 7) is 1.86. The molecule has 0 fully saturated rings. The third-order valence-electron chi connectivity index (χ3n) is 2.54. The molecule has 0 amide bonds. The molecule has 1 aromatic carbocycles. The van der Waals surface area contributed by atoms with Crippen LogP contribution in [0.15, 0.2) is 12.1 Å².